The summed E-state index contributed by atoms with van der Waals surface area (Å²) in [5.74, 6) is -3.66. The molecule has 0 radical (unpaired) electrons. The molecule has 2 aromatic carbocycles. The molecule has 39 heavy (non-hydrogen) atoms. The van der Waals surface area contributed by atoms with Crippen LogP contribution in [0.1, 0.15) is 36.8 Å². The zero-order chi connectivity index (χ0) is 28.4. The smallest absolute Gasteiger partial charge is 0.326 e. The molecule has 0 bridgehead atoms. The summed E-state index contributed by atoms with van der Waals surface area (Å²) in [5, 5.41) is 23.4. The Labute approximate surface area is 225 Å². The average molecular weight is 541 g/mol. The van der Waals surface area contributed by atoms with Crippen molar-refractivity contribution in [3.05, 3.63) is 59.7 Å². The monoisotopic (exact) mass is 540 g/mol. The van der Waals surface area contributed by atoms with E-state index in [2.05, 4.69) is 10.6 Å². The number of carboxylic acid groups (broad SMARTS) is 2. The molecular weight excluding hydrogens is 508 g/mol. The number of carbonyl (C=O) groups excluding carboxylic acids is 3. The predicted octanol–water partition coefficient (Wildman–Crippen LogP) is 2.10. The summed E-state index contributed by atoms with van der Waals surface area (Å²) < 4.78 is 10.8. The maximum atomic E-state index is 12.4. The molecule has 208 valence electrons. The standard InChI is InChI=1S/C28H32N2O9/c1-17-4-2-3-5-23(17)38-16-25(32)29-15-24(31)30-22(27(35)36)14-18-6-12-21(13-7-18)39-28(37)20-10-8-19(9-11-20)26(33)34/h2-7,12-13,19-20,22H,8-11,14-16H2,1H3,(H,29,32)(H,30,31)(H,33,34)(H,35,36)/t19?,20?,22-/m0/s1. The number of benzene rings is 2. The molecule has 3 rings (SSSR count). The third-order valence-electron chi connectivity index (χ3n) is 6.52. The van der Waals surface area contributed by atoms with Crippen molar-refractivity contribution in [1.82, 2.24) is 10.6 Å². The van der Waals surface area contributed by atoms with Crippen molar-refractivity contribution < 1.29 is 43.7 Å². The van der Waals surface area contributed by atoms with Crippen LogP contribution in [0, 0.1) is 18.8 Å². The minimum absolute atomic E-state index is 0.0289. The molecule has 0 aliphatic heterocycles. The number of aliphatic carboxylic acids is 2. The summed E-state index contributed by atoms with van der Waals surface area (Å²) in [6.45, 7) is 1.13. The quantitative estimate of drug-likeness (QED) is 0.233. The van der Waals surface area contributed by atoms with E-state index < -0.39 is 48.2 Å². The van der Waals surface area contributed by atoms with Gasteiger partial charge in [0.2, 0.25) is 5.91 Å². The van der Waals surface area contributed by atoms with E-state index in [0.717, 1.165) is 5.56 Å². The molecule has 1 fully saturated rings. The second kappa shape index (κ2) is 13.9. The van der Waals surface area contributed by atoms with E-state index >= 15 is 0 Å². The third-order valence-corrected chi connectivity index (χ3v) is 6.52. The van der Waals surface area contributed by atoms with Gasteiger partial charge in [0.15, 0.2) is 6.61 Å². The zero-order valence-electron chi connectivity index (χ0n) is 21.6. The molecule has 0 spiro atoms. The minimum Gasteiger partial charge on any atom is -0.484 e. The predicted molar refractivity (Wildman–Crippen MR) is 138 cm³/mol. The van der Waals surface area contributed by atoms with Crippen LogP contribution in [-0.4, -0.2) is 59.1 Å². The molecule has 2 aromatic rings. The lowest BCUT2D eigenvalue weighted by Crippen LogP contribution is -2.47. The van der Waals surface area contributed by atoms with Gasteiger partial charge in [0.25, 0.3) is 5.91 Å². The lowest BCUT2D eigenvalue weighted by atomic mass is 9.82. The number of rotatable bonds is 12. The summed E-state index contributed by atoms with van der Waals surface area (Å²) in [6.07, 6.45) is 1.74. The van der Waals surface area contributed by atoms with Crippen molar-refractivity contribution in [3.8, 4) is 11.5 Å². The van der Waals surface area contributed by atoms with E-state index in [4.69, 9.17) is 14.6 Å². The Bertz CT molecular complexity index is 1190. The largest absolute Gasteiger partial charge is 0.484 e. The number of nitrogens with one attached hydrogen (secondary N) is 2. The Morgan fingerprint density at radius 3 is 2.15 bits per heavy atom. The molecule has 0 heterocycles. The second-order valence-corrected chi connectivity index (χ2v) is 9.45. The average Bonchev–Trinajstić information content (AvgIpc) is 2.92. The molecule has 0 saturated heterocycles. The molecule has 11 heteroatoms. The van der Waals surface area contributed by atoms with Crippen LogP contribution >= 0.6 is 0 Å². The van der Waals surface area contributed by atoms with Crippen molar-refractivity contribution in [2.75, 3.05) is 13.2 Å². The number of carboxylic acids is 2. The Kier molecular flexibility index (Phi) is 10.4. The number of ether oxygens (including phenoxy) is 2. The fourth-order valence-corrected chi connectivity index (χ4v) is 4.24. The van der Waals surface area contributed by atoms with Gasteiger partial charge in [-0.15, -0.1) is 0 Å². The van der Waals surface area contributed by atoms with Gasteiger partial charge in [-0.3, -0.25) is 19.2 Å². The van der Waals surface area contributed by atoms with E-state index in [1.165, 1.54) is 12.1 Å². The van der Waals surface area contributed by atoms with Gasteiger partial charge in [0.05, 0.1) is 18.4 Å². The van der Waals surface area contributed by atoms with Gasteiger partial charge in [-0.1, -0.05) is 30.3 Å². The van der Waals surface area contributed by atoms with Crippen LogP contribution < -0.4 is 20.1 Å². The number of hydrogen-bond acceptors (Lipinski definition) is 7. The van der Waals surface area contributed by atoms with E-state index in [-0.39, 0.29) is 24.7 Å². The first-order chi connectivity index (χ1) is 18.6. The summed E-state index contributed by atoms with van der Waals surface area (Å²) in [7, 11) is 0. The van der Waals surface area contributed by atoms with Crippen LogP contribution in [0.2, 0.25) is 0 Å². The van der Waals surface area contributed by atoms with Crippen LogP contribution in [-0.2, 0) is 30.4 Å². The molecule has 2 amide bonds. The lowest BCUT2D eigenvalue weighted by Gasteiger charge is -2.24. The molecule has 1 saturated carbocycles. The normalized spacial score (nSPS) is 17.4. The molecule has 0 unspecified atom stereocenters. The molecular formula is C28H32N2O9. The molecule has 4 N–H and O–H groups in total. The van der Waals surface area contributed by atoms with Crippen LogP contribution in [0.5, 0.6) is 11.5 Å². The van der Waals surface area contributed by atoms with Gasteiger partial charge in [-0.05, 0) is 61.9 Å². The van der Waals surface area contributed by atoms with Crippen molar-refractivity contribution in [3.63, 3.8) is 0 Å². The highest BCUT2D eigenvalue weighted by Crippen LogP contribution is 2.30. The number of carbonyl (C=O) groups is 5. The van der Waals surface area contributed by atoms with E-state index in [1.54, 1.807) is 24.3 Å². The first kappa shape index (κ1) is 29.2. The second-order valence-electron chi connectivity index (χ2n) is 9.45. The first-order valence-corrected chi connectivity index (χ1v) is 12.6. The Morgan fingerprint density at radius 2 is 1.54 bits per heavy atom. The Balaban J connectivity index is 1.43. The van der Waals surface area contributed by atoms with Gasteiger partial charge in [-0.25, -0.2) is 4.79 Å². The number of hydrogen-bond donors (Lipinski definition) is 4. The number of aryl methyl sites for hydroxylation is 1. The number of para-hydroxylation sites is 1. The minimum atomic E-state index is -1.25. The molecule has 1 aliphatic carbocycles. The summed E-state index contributed by atoms with van der Waals surface area (Å²) in [6, 6.07) is 12.2. The zero-order valence-corrected chi connectivity index (χ0v) is 21.6. The van der Waals surface area contributed by atoms with Gasteiger partial charge in [-0.2, -0.15) is 0 Å². The maximum absolute atomic E-state index is 12.4. The summed E-state index contributed by atoms with van der Waals surface area (Å²) in [4.78, 5) is 59.4. The van der Waals surface area contributed by atoms with Crippen LogP contribution in [0.25, 0.3) is 0 Å². The molecule has 1 atom stereocenters. The SMILES string of the molecule is Cc1ccccc1OCC(=O)NCC(=O)N[C@@H](Cc1ccc(OC(=O)C2CCC(C(=O)O)CC2)cc1)C(=O)O. The third kappa shape index (κ3) is 9.13. The molecule has 11 nitrogen and oxygen atoms in total. The highest BCUT2D eigenvalue weighted by Gasteiger charge is 2.31. The van der Waals surface area contributed by atoms with Crippen molar-refractivity contribution >= 4 is 29.7 Å². The van der Waals surface area contributed by atoms with E-state index in [0.29, 0.717) is 37.0 Å². The number of amides is 2. The fourth-order valence-electron chi connectivity index (χ4n) is 4.24. The van der Waals surface area contributed by atoms with Crippen molar-refractivity contribution in [2.24, 2.45) is 11.8 Å². The number of esters is 1. The fraction of sp³-hybridized carbons (Fsp3) is 0.393. The van der Waals surface area contributed by atoms with Crippen molar-refractivity contribution in [1.29, 1.82) is 0 Å². The van der Waals surface area contributed by atoms with E-state index in [9.17, 15) is 29.1 Å². The molecule has 1 aliphatic rings. The summed E-state index contributed by atoms with van der Waals surface area (Å²) in [5.41, 5.74) is 1.44. The van der Waals surface area contributed by atoms with E-state index in [1.807, 2.05) is 19.1 Å². The highest BCUT2D eigenvalue weighted by molar-refractivity contribution is 5.88. The van der Waals surface area contributed by atoms with Gasteiger partial charge in [0.1, 0.15) is 17.5 Å². The maximum Gasteiger partial charge on any atom is 0.326 e. The van der Waals surface area contributed by atoms with Gasteiger partial charge >= 0.3 is 17.9 Å². The first-order valence-electron chi connectivity index (χ1n) is 12.6. The van der Waals surface area contributed by atoms with Crippen molar-refractivity contribution in [2.45, 2.75) is 45.1 Å². The van der Waals surface area contributed by atoms with Crippen LogP contribution in [0.4, 0.5) is 0 Å². The molecule has 0 aromatic heterocycles. The van der Waals surface area contributed by atoms with Crippen LogP contribution in [0.3, 0.4) is 0 Å². The van der Waals surface area contributed by atoms with Gasteiger partial charge < -0.3 is 30.3 Å². The topological polar surface area (TPSA) is 168 Å². The van der Waals surface area contributed by atoms with Gasteiger partial charge in [0, 0.05) is 6.42 Å². The van der Waals surface area contributed by atoms with Crippen LogP contribution in [0.15, 0.2) is 48.5 Å². The Morgan fingerprint density at radius 1 is 0.897 bits per heavy atom. The lowest BCUT2D eigenvalue weighted by molar-refractivity contribution is -0.146. The Hall–Kier alpha value is -4.41. The highest BCUT2D eigenvalue weighted by atomic mass is 16.5. The summed E-state index contributed by atoms with van der Waals surface area (Å²) >= 11 is 0.